The molecule has 23 heavy (non-hydrogen) atoms. The first-order valence-corrected chi connectivity index (χ1v) is 7.82. The van der Waals surface area contributed by atoms with Crippen LogP contribution < -0.4 is 0 Å². The van der Waals surface area contributed by atoms with E-state index in [1.165, 1.54) is 0 Å². The van der Waals surface area contributed by atoms with Crippen molar-refractivity contribution in [1.29, 1.82) is 0 Å². The molecule has 1 aliphatic rings. The third-order valence-corrected chi connectivity index (χ3v) is 4.34. The van der Waals surface area contributed by atoms with E-state index in [2.05, 4.69) is 10.1 Å². The van der Waals surface area contributed by atoms with Crippen molar-refractivity contribution in [3.63, 3.8) is 0 Å². The van der Waals surface area contributed by atoms with Crippen LogP contribution in [0.2, 0.25) is 0 Å². The molecular formula is C18H17N3O2. The number of fused-ring (bicyclic) bond motifs is 1. The van der Waals surface area contributed by atoms with Gasteiger partial charge in [-0.15, -0.1) is 0 Å². The van der Waals surface area contributed by atoms with E-state index in [-0.39, 0.29) is 11.9 Å². The van der Waals surface area contributed by atoms with Crippen LogP contribution in [-0.4, -0.2) is 27.5 Å². The fourth-order valence-corrected chi connectivity index (χ4v) is 3.20. The molecule has 0 saturated carbocycles. The Labute approximate surface area is 133 Å². The SMILES string of the molecule is Cc1noc(C2CCCN2C(=O)c2ccc3ccccc3c2)n1. The van der Waals surface area contributed by atoms with E-state index in [1.807, 2.05) is 47.4 Å². The molecule has 5 nitrogen and oxygen atoms in total. The van der Waals surface area contributed by atoms with Crippen LogP contribution in [0.25, 0.3) is 10.8 Å². The summed E-state index contributed by atoms with van der Waals surface area (Å²) in [6.07, 6.45) is 1.81. The molecule has 0 aliphatic carbocycles. The number of aryl methyl sites for hydroxylation is 1. The van der Waals surface area contributed by atoms with Gasteiger partial charge in [0.2, 0.25) is 5.89 Å². The summed E-state index contributed by atoms with van der Waals surface area (Å²) < 4.78 is 5.28. The first-order valence-electron chi connectivity index (χ1n) is 7.82. The first kappa shape index (κ1) is 13.9. The van der Waals surface area contributed by atoms with Crippen LogP contribution in [0.15, 0.2) is 47.0 Å². The summed E-state index contributed by atoms with van der Waals surface area (Å²) in [5.41, 5.74) is 0.701. The Kier molecular flexibility index (Phi) is 3.33. The zero-order valence-corrected chi connectivity index (χ0v) is 12.9. The number of rotatable bonds is 2. The third-order valence-electron chi connectivity index (χ3n) is 4.34. The topological polar surface area (TPSA) is 59.2 Å². The van der Waals surface area contributed by atoms with E-state index in [1.54, 1.807) is 6.92 Å². The fourth-order valence-electron chi connectivity index (χ4n) is 3.20. The van der Waals surface area contributed by atoms with Crippen LogP contribution in [0.3, 0.4) is 0 Å². The smallest absolute Gasteiger partial charge is 0.254 e. The predicted molar refractivity (Wildman–Crippen MR) is 86.0 cm³/mol. The van der Waals surface area contributed by atoms with Gasteiger partial charge in [0.05, 0.1) is 0 Å². The van der Waals surface area contributed by atoms with Gasteiger partial charge in [-0.2, -0.15) is 4.98 Å². The number of benzene rings is 2. The number of carbonyl (C=O) groups is 1. The van der Waals surface area contributed by atoms with E-state index in [4.69, 9.17) is 4.52 Å². The van der Waals surface area contributed by atoms with Gasteiger partial charge in [0, 0.05) is 12.1 Å². The maximum absolute atomic E-state index is 12.9. The number of amides is 1. The van der Waals surface area contributed by atoms with Crippen LogP contribution in [0.5, 0.6) is 0 Å². The van der Waals surface area contributed by atoms with E-state index >= 15 is 0 Å². The van der Waals surface area contributed by atoms with E-state index < -0.39 is 0 Å². The van der Waals surface area contributed by atoms with Crippen LogP contribution in [0.1, 0.15) is 41.0 Å². The molecule has 4 rings (SSSR count). The highest BCUT2D eigenvalue weighted by atomic mass is 16.5. The Hall–Kier alpha value is -2.69. The van der Waals surface area contributed by atoms with Gasteiger partial charge in [-0.3, -0.25) is 4.79 Å². The highest BCUT2D eigenvalue weighted by Crippen LogP contribution is 2.32. The molecule has 116 valence electrons. The molecule has 1 fully saturated rings. The molecule has 1 aliphatic heterocycles. The minimum atomic E-state index is -0.116. The molecule has 0 spiro atoms. The Balaban J connectivity index is 1.66. The van der Waals surface area contributed by atoms with Gasteiger partial charge in [0.25, 0.3) is 5.91 Å². The van der Waals surface area contributed by atoms with Crippen molar-refractivity contribution in [1.82, 2.24) is 15.0 Å². The highest BCUT2D eigenvalue weighted by molar-refractivity contribution is 5.98. The maximum Gasteiger partial charge on any atom is 0.254 e. The highest BCUT2D eigenvalue weighted by Gasteiger charge is 2.34. The average molecular weight is 307 g/mol. The summed E-state index contributed by atoms with van der Waals surface area (Å²) in [5, 5.41) is 6.05. The van der Waals surface area contributed by atoms with Gasteiger partial charge in [-0.05, 0) is 42.7 Å². The Morgan fingerprint density at radius 1 is 1.22 bits per heavy atom. The molecule has 1 aromatic heterocycles. The summed E-state index contributed by atoms with van der Waals surface area (Å²) in [6, 6.07) is 13.8. The van der Waals surface area contributed by atoms with Crippen LogP contribution in [-0.2, 0) is 0 Å². The van der Waals surface area contributed by atoms with Crippen molar-refractivity contribution in [2.45, 2.75) is 25.8 Å². The van der Waals surface area contributed by atoms with Gasteiger partial charge >= 0.3 is 0 Å². The number of hydrogen-bond acceptors (Lipinski definition) is 4. The lowest BCUT2D eigenvalue weighted by molar-refractivity contribution is 0.0710. The van der Waals surface area contributed by atoms with E-state index in [9.17, 15) is 4.79 Å². The van der Waals surface area contributed by atoms with Crippen LogP contribution in [0.4, 0.5) is 0 Å². The fraction of sp³-hybridized carbons (Fsp3) is 0.278. The summed E-state index contributed by atoms with van der Waals surface area (Å²) in [5.74, 6) is 1.16. The molecule has 5 heteroatoms. The average Bonchev–Trinajstić information content (AvgIpc) is 3.22. The molecule has 2 heterocycles. The second-order valence-corrected chi connectivity index (χ2v) is 5.90. The molecule has 1 saturated heterocycles. The summed E-state index contributed by atoms with van der Waals surface area (Å²) in [4.78, 5) is 19.1. The van der Waals surface area contributed by atoms with Crippen molar-refractivity contribution >= 4 is 16.7 Å². The van der Waals surface area contributed by atoms with Crippen molar-refractivity contribution in [3.05, 3.63) is 59.7 Å². The molecule has 3 aromatic rings. The lowest BCUT2D eigenvalue weighted by Crippen LogP contribution is -2.30. The standard InChI is InChI=1S/C18H17N3O2/c1-12-19-17(23-20-12)16-7-4-10-21(16)18(22)15-9-8-13-5-2-3-6-14(13)11-15/h2-3,5-6,8-9,11,16H,4,7,10H2,1H3. The lowest BCUT2D eigenvalue weighted by atomic mass is 10.1. The largest absolute Gasteiger partial charge is 0.337 e. The normalized spacial score (nSPS) is 17.8. The second kappa shape index (κ2) is 5.50. The number of carbonyl (C=O) groups excluding carboxylic acids is 1. The molecule has 0 N–H and O–H groups in total. The zero-order valence-electron chi connectivity index (χ0n) is 12.9. The first-order chi connectivity index (χ1) is 11.2. The number of hydrogen-bond donors (Lipinski definition) is 0. The number of likely N-dealkylation sites (tertiary alicyclic amines) is 1. The minimum Gasteiger partial charge on any atom is -0.337 e. The predicted octanol–water partition coefficient (Wildman–Crippen LogP) is 3.51. The zero-order chi connectivity index (χ0) is 15.8. The molecule has 0 bridgehead atoms. The van der Waals surface area contributed by atoms with Crippen molar-refractivity contribution in [3.8, 4) is 0 Å². The number of nitrogens with zero attached hydrogens (tertiary/aromatic N) is 3. The second-order valence-electron chi connectivity index (χ2n) is 5.90. The molecule has 1 unspecified atom stereocenters. The maximum atomic E-state index is 12.9. The van der Waals surface area contributed by atoms with Crippen molar-refractivity contribution < 1.29 is 9.32 Å². The van der Waals surface area contributed by atoms with Gasteiger partial charge in [0.1, 0.15) is 6.04 Å². The summed E-state index contributed by atoms with van der Waals surface area (Å²) in [6.45, 7) is 2.51. The Bertz CT molecular complexity index is 871. The summed E-state index contributed by atoms with van der Waals surface area (Å²) >= 11 is 0. The molecule has 0 radical (unpaired) electrons. The Morgan fingerprint density at radius 3 is 2.83 bits per heavy atom. The van der Waals surface area contributed by atoms with Gasteiger partial charge < -0.3 is 9.42 Å². The van der Waals surface area contributed by atoms with E-state index in [0.29, 0.717) is 17.3 Å². The molecule has 1 atom stereocenters. The van der Waals surface area contributed by atoms with E-state index in [0.717, 1.165) is 30.2 Å². The van der Waals surface area contributed by atoms with Crippen molar-refractivity contribution in [2.24, 2.45) is 0 Å². The molecule has 1 amide bonds. The van der Waals surface area contributed by atoms with Gasteiger partial charge in [-0.1, -0.05) is 35.5 Å². The number of aromatic nitrogens is 2. The molecular weight excluding hydrogens is 290 g/mol. The van der Waals surface area contributed by atoms with Gasteiger partial charge in [-0.25, -0.2) is 0 Å². The van der Waals surface area contributed by atoms with Crippen molar-refractivity contribution in [2.75, 3.05) is 6.54 Å². The van der Waals surface area contributed by atoms with Crippen LogP contribution >= 0.6 is 0 Å². The monoisotopic (exact) mass is 307 g/mol. The quantitative estimate of drug-likeness (QED) is 0.727. The van der Waals surface area contributed by atoms with Gasteiger partial charge in [0.15, 0.2) is 5.82 Å². The minimum absolute atomic E-state index is 0.0223. The third kappa shape index (κ3) is 2.48. The lowest BCUT2D eigenvalue weighted by Gasteiger charge is -2.22. The van der Waals surface area contributed by atoms with Crippen LogP contribution in [0, 0.1) is 6.92 Å². The summed E-state index contributed by atoms with van der Waals surface area (Å²) in [7, 11) is 0. The Morgan fingerprint density at radius 2 is 2.04 bits per heavy atom. The molecule has 2 aromatic carbocycles.